The van der Waals surface area contributed by atoms with E-state index in [0.29, 0.717) is 12.2 Å². The molecule has 8 heteroatoms. The summed E-state index contributed by atoms with van der Waals surface area (Å²) in [5, 5.41) is 11.9. The van der Waals surface area contributed by atoms with Gasteiger partial charge in [-0.05, 0) is 78.9 Å². The summed E-state index contributed by atoms with van der Waals surface area (Å²) >= 11 is 0. The summed E-state index contributed by atoms with van der Waals surface area (Å²) < 4.78 is 11.8. The van der Waals surface area contributed by atoms with Gasteiger partial charge in [-0.1, -0.05) is 120 Å². The normalized spacial score (nSPS) is 12.4. The van der Waals surface area contributed by atoms with Crippen molar-refractivity contribution < 1.29 is 19.1 Å². The largest absolute Gasteiger partial charge is 0.459 e. The van der Waals surface area contributed by atoms with Crippen molar-refractivity contribution in [1.82, 2.24) is 20.5 Å². The number of esters is 1. The van der Waals surface area contributed by atoms with Crippen molar-refractivity contribution in [3.63, 3.8) is 0 Å². The number of benzene rings is 5. The van der Waals surface area contributed by atoms with E-state index < -0.39 is 17.2 Å². The minimum Gasteiger partial charge on any atom is -0.459 e. The van der Waals surface area contributed by atoms with E-state index in [9.17, 15) is 4.79 Å². The number of rotatable bonds is 12. The van der Waals surface area contributed by atoms with Crippen molar-refractivity contribution in [2.45, 2.75) is 44.4 Å². The van der Waals surface area contributed by atoms with Crippen molar-refractivity contribution in [3.8, 4) is 5.75 Å². The molecular weight excluding hydrogens is 588 g/mol. The summed E-state index contributed by atoms with van der Waals surface area (Å²) in [7, 11) is 0. The van der Waals surface area contributed by atoms with Gasteiger partial charge in [0.05, 0.1) is 5.54 Å². The first-order chi connectivity index (χ1) is 22.8. The first-order valence-electron chi connectivity index (χ1n) is 15.6. The van der Waals surface area contributed by atoms with Gasteiger partial charge in [-0.25, -0.2) is 0 Å². The lowest BCUT2D eigenvalue weighted by atomic mass is 9.76. The maximum absolute atomic E-state index is 14.0. The molecule has 0 saturated carbocycles. The second-order valence-electron chi connectivity index (χ2n) is 12.3. The van der Waals surface area contributed by atoms with E-state index in [1.807, 2.05) is 124 Å². The van der Waals surface area contributed by atoms with Gasteiger partial charge < -0.3 is 14.3 Å². The molecule has 1 N–H and O–H groups in total. The Morgan fingerprint density at radius 3 is 1.81 bits per heavy atom. The van der Waals surface area contributed by atoms with Crippen molar-refractivity contribution >= 4 is 17.0 Å². The molecule has 47 heavy (non-hydrogen) atoms. The number of carbonyl (C=O) groups is 1. The molecule has 1 aromatic heterocycles. The van der Waals surface area contributed by atoms with Gasteiger partial charge in [0.2, 0.25) is 0 Å². The lowest BCUT2D eigenvalue weighted by Gasteiger charge is -2.40. The summed E-state index contributed by atoms with van der Waals surface area (Å²) in [6.07, 6.45) is 0.380. The van der Waals surface area contributed by atoms with Crippen LogP contribution in [0.3, 0.4) is 0 Å². The molecule has 5 aromatic carbocycles. The van der Waals surface area contributed by atoms with Gasteiger partial charge in [0.25, 0.3) is 6.79 Å². The standard InChI is InChI=1S/C39H38N4O4/c1-38(2,3)47-37(44)35(27-29-23-25-33(26-24-29)45-28-46-43-36-22-14-13-21-34(36)41-42-43)40-39(30-15-7-4-8-16-30,31-17-9-5-10-18-31)32-19-11-6-12-20-32/h4-26,35,40H,27-28H2,1-3H3. The lowest BCUT2D eigenvalue weighted by molar-refractivity contribution is -0.157. The van der Waals surface area contributed by atoms with Crippen LogP contribution in [0, 0.1) is 0 Å². The number of carbonyl (C=O) groups excluding carboxylic acids is 1. The monoisotopic (exact) mass is 626 g/mol. The fourth-order valence-electron chi connectivity index (χ4n) is 5.69. The molecule has 1 atom stereocenters. The molecule has 0 aliphatic carbocycles. The molecule has 0 amide bonds. The SMILES string of the molecule is CC(C)(C)OC(=O)C(Cc1ccc(OCOn2nnc3ccccc32)cc1)NC(c1ccccc1)(c1ccccc1)c1ccccc1. The first-order valence-corrected chi connectivity index (χ1v) is 15.6. The molecule has 0 aliphatic rings. The van der Waals surface area contributed by atoms with E-state index in [0.717, 1.165) is 33.3 Å². The van der Waals surface area contributed by atoms with E-state index in [2.05, 4.69) is 52.0 Å². The van der Waals surface area contributed by atoms with Crippen LogP contribution in [0.4, 0.5) is 0 Å². The van der Waals surface area contributed by atoms with Gasteiger partial charge in [-0.2, -0.15) is 0 Å². The topological polar surface area (TPSA) is 87.5 Å². The first kappa shape index (κ1) is 31.5. The predicted molar refractivity (Wildman–Crippen MR) is 182 cm³/mol. The second kappa shape index (κ2) is 13.9. The second-order valence-corrected chi connectivity index (χ2v) is 12.3. The molecule has 8 nitrogen and oxygen atoms in total. The van der Waals surface area contributed by atoms with E-state index in [1.54, 1.807) is 0 Å². The Morgan fingerprint density at radius 2 is 1.26 bits per heavy atom. The van der Waals surface area contributed by atoms with Crippen LogP contribution in [-0.4, -0.2) is 39.6 Å². The molecule has 6 aromatic rings. The number of fused-ring (bicyclic) bond motifs is 1. The number of nitrogens with one attached hydrogen (secondary N) is 1. The zero-order valence-electron chi connectivity index (χ0n) is 26.7. The Balaban J connectivity index is 1.28. The van der Waals surface area contributed by atoms with Crippen LogP contribution in [-0.2, 0) is 21.5 Å². The molecule has 238 valence electrons. The summed E-state index contributed by atoms with van der Waals surface area (Å²) in [5.41, 5.74) is 3.94. The molecule has 0 bridgehead atoms. The number of hydrogen-bond donors (Lipinski definition) is 1. The quantitative estimate of drug-likeness (QED) is 0.0916. The summed E-state index contributed by atoms with van der Waals surface area (Å²) in [6.45, 7) is 5.61. The van der Waals surface area contributed by atoms with Gasteiger partial charge in [-0.15, -0.1) is 5.10 Å². The summed E-state index contributed by atoms with van der Waals surface area (Å²) in [4.78, 5) is 21.0. The third-order valence-corrected chi connectivity index (χ3v) is 7.79. The highest BCUT2D eigenvalue weighted by Crippen LogP contribution is 2.38. The average molecular weight is 627 g/mol. The highest BCUT2D eigenvalue weighted by Gasteiger charge is 2.41. The molecule has 0 spiro atoms. The smallest absolute Gasteiger partial charge is 0.324 e. The van der Waals surface area contributed by atoms with Crippen LogP contribution in [0.5, 0.6) is 5.75 Å². The fraction of sp³-hybridized carbons (Fsp3) is 0.205. The van der Waals surface area contributed by atoms with E-state index in [1.165, 1.54) is 4.85 Å². The number of hydrogen-bond acceptors (Lipinski definition) is 7. The van der Waals surface area contributed by atoms with Gasteiger partial charge in [0.15, 0.2) is 0 Å². The Labute approximate surface area is 274 Å². The summed E-state index contributed by atoms with van der Waals surface area (Å²) in [5.74, 6) is 0.283. The van der Waals surface area contributed by atoms with Crippen LogP contribution in [0.15, 0.2) is 140 Å². The summed E-state index contributed by atoms with van der Waals surface area (Å²) in [6, 6.07) is 45.1. The van der Waals surface area contributed by atoms with Crippen molar-refractivity contribution in [1.29, 1.82) is 0 Å². The van der Waals surface area contributed by atoms with Crippen LogP contribution >= 0.6 is 0 Å². The van der Waals surface area contributed by atoms with Crippen LogP contribution < -0.4 is 14.9 Å². The number of ether oxygens (including phenoxy) is 2. The van der Waals surface area contributed by atoms with E-state index in [4.69, 9.17) is 14.3 Å². The third kappa shape index (κ3) is 7.34. The van der Waals surface area contributed by atoms with Crippen LogP contribution in [0.25, 0.3) is 11.0 Å². The maximum Gasteiger partial charge on any atom is 0.324 e. The van der Waals surface area contributed by atoms with Crippen LogP contribution in [0.1, 0.15) is 43.0 Å². The Kier molecular flexibility index (Phi) is 9.31. The minimum absolute atomic E-state index is 0.0530. The molecule has 0 radical (unpaired) electrons. The third-order valence-electron chi connectivity index (χ3n) is 7.79. The molecular formula is C39H38N4O4. The zero-order valence-corrected chi connectivity index (χ0v) is 26.7. The van der Waals surface area contributed by atoms with Crippen molar-refractivity contribution in [2.24, 2.45) is 0 Å². The average Bonchev–Trinajstić information content (AvgIpc) is 3.51. The lowest BCUT2D eigenvalue weighted by Crippen LogP contribution is -2.54. The Hall–Kier alpha value is -5.47. The van der Waals surface area contributed by atoms with Gasteiger partial charge >= 0.3 is 5.97 Å². The van der Waals surface area contributed by atoms with Crippen molar-refractivity contribution in [3.05, 3.63) is 162 Å². The molecule has 1 heterocycles. The number of aromatic nitrogens is 3. The molecule has 6 rings (SSSR count). The minimum atomic E-state index is -0.850. The van der Waals surface area contributed by atoms with E-state index >= 15 is 0 Å². The van der Waals surface area contributed by atoms with Crippen molar-refractivity contribution in [2.75, 3.05) is 6.79 Å². The number of para-hydroxylation sites is 1. The van der Waals surface area contributed by atoms with Gasteiger partial charge in [0.1, 0.15) is 28.4 Å². The molecule has 0 fully saturated rings. The highest BCUT2D eigenvalue weighted by molar-refractivity contribution is 5.77. The van der Waals surface area contributed by atoms with Gasteiger partial charge in [-0.3, -0.25) is 10.1 Å². The fourth-order valence-corrected chi connectivity index (χ4v) is 5.69. The zero-order chi connectivity index (χ0) is 32.7. The maximum atomic E-state index is 14.0. The Bertz CT molecular complexity index is 1790. The number of nitrogens with zero attached hydrogens (tertiary/aromatic N) is 3. The van der Waals surface area contributed by atoms with Crippen LogP contribution in [0.2, 0.25) is 0 Å². The Morgan fingerprint density at radius 1 is 0.723 bits per heavy atom. The molecule has 0 saturated heterocycles. The molecule has 0 aliphatic heterocycles. The highest BCUT2D eigenvalue weighted by atomic mass is 16.8. The van der Waals surface area contributed by atoms with E-state index in [-0.39, 0.29) is 12.8 Å². The van der Waals surface area contributed by atoms with Gasteiger partial charge in [0, 0.05) is 0 Å². The molecule has 1 unspecified atom stereocenters. The predicted octanol–water partition coefficient (Wildman–Crippen LogP) is 6.73.